The van der Waals surface area contributed by atoms with Crippen molar-refractivity contribution in [1.29, 1.82) is 0 Å². The van der Waals surface area contributed by atoms with Crippen molar-refractivity contribution in [2.75, 3.05) is 0 Å². The van der Waals surface area contributed by atoms with Gasteiger partial charge in [0.05, 0.1) is 11.2 Å². The third-order valence-electron chi connectivity index (χ3n) is 4.05. The smallest absolute Gasteiger partial charge is 0.403 e. The van der Waals surface area contributed by atoms with Crippen molar-refractivity contribution >= 4 is 12.9 Å². The Labute approximate surface area is 105 Å². The summed E-state index contributed by atoms with van der Waals surface area (Å²) in [5.41, 5.74) is -0.553. The molecule has 0 aromatic heterocycles. The molecule has 1 saturated heterocycles. The van der Waals surface area contributed by atoms with Crippen LogP contribution in [0, 0.1) is 0 Å². The zero-order chi connectivity index (χ0) is 13.3. The molecular formula is C13H25BO3. The van der Waals surface area contributed by atoms with E-state index in [1.807, 2.05) is 0 Å². The lowest BCUT2D eigenvalue weighted by molar-refractivity contribution is -0.117. The molecule has 1 rings (SSSR count). The molecule has 0 aromatic carbocycles. The third-order valence-corrected chi connectivity index (χ3v) is 4.05. The number of hydrogen-bond donors (Lipinski definition) is 0. The zero-order valence-electron chi connectivity index (χ0n) is 12.0. The molecule has 0 aromatic rings. The number of carbonyl (C=O) groups excluding carboxylic acids is 1. The lowest BCUT2D eigenvalue weighted by atomic mass is 9.68. The van der Waals surface area contributed by atoms with Gasteiger partial charge < -0.3 is 14.1 Å². The van der Waals surface area contributed by atoms with Gasteiger partial charge in [0.1, 0.15) is 5.78 Å². The summed E-state index contributed by atoms with van der Waals surface area (Å²) in [7, 11) is -0.177. The molecule has 3 nitrogen and oxygen atoms in total. The van der Waals surface area contributed by atoms with Crippen molar-refractivity contribution in [3.63, 3.8) is 0 Å². The molecule has 1 fully saturated rings. The van der Waals surface area contributed by atoms with Crippen LogP contribution in [0.2, 0.25) is 5.82 Å². The third kappa shape index (κ3) is 3.32. The molecule has 1 heterocycles. The first-order valence-electron chi connectivity index (χ1n) is 6.54. The minimum absolute atomic E-state index is 0.177. The predicted octanol–water partition coefficient (Wildman–Crippen LogP) is 3.23. The van der Waals surface area contributed by atoms with Crippen LogP contribution in [0.15, 0.2) is 0 Å². The van der Waals surface area contributed by atoms with Gasteiger partial charge in [-0.2, -0.15) is 0 Å². The molecular weight excluding hydrogens is 215 g/mol. The first-order chi connectivity index (χ1) is 7.69. The van der Waals surface area contributed by atoms with E-state index in [1.54, 1.807) is 6.92 Å². The molecule has 17 heavy (non-hydrogen) atoms. The fourth-order valence-corrected chi connectivity index (χ4v) is 2.00. The van der Waals surface area contributed by atoms with E-state index in [1.165, 1.54) is 0 Å². The highest BCUT2D eigenvalue weighted by molar-refractivity contribution is 6.47. The fraction of sp³-hybridized carbons (Fsp3) is 0.923. The molecule has 0 amide bonds. The minimum Gasteiger partial charge on any atom is -0.403 e. The van der Waals surface area contributed by atoms with E-state index in [0.717, 1.165) is 12.8 Å². The lowest BCUT2D eigenvalue weighted by Gasteiger charge is -2.32. The van der Waals surface area contributed by atoms with Crippen molar-refractivity contribution in [1.82, 2.24) is 0 Å². The Bertz CT molecular complexity index is 270. The number of ketones is 1. The van der Waals surface area contributed by atoms with Gasteiger partial charge in [0, 0.05) is 6.42 Å². The van der Waals surface area contributed by atoms with Gasteiger partial charge in [-0.1, -0.05) is 13.3 Å². The molecule has 0 N–H and O–H groups in total. The Balaban J connectivity index is 2.64. The summed E-state index contributed by atoms with van der Waals surface area (Å²) < 4.78 is 12.0. The van der Waals surface area contributed by atoms with Crippen molar-refractivity contribution in [3.05, 3.63) is 0 Å². The Hall–Kier alpha value is -0.345. The lowest BCUT2D eigenvalue weighted by Crippen LogP contribution is -2.41. The standard InChI is InChI=1S/C13H25BO3/c1-7-11(9-8-10(2)15)14-16-12(3,4)13(5,6)17-14/h11H,7-9H2,1-6H3. The fourth-order valence-electron chi connectivity index (χ4n) is 2.00. The molecule has 0 radical (unpaired) electrons. The van der Waals surface area contributed by atoms with Crippen LogP contribution in [0.25, 0.3) is 0 Å². The van der Waals surface area contributed by atoms with Crippen LogP contribution in [-0.4, -0.2) is 24.1 Å². The summed E-state index contributed by atoms with van der Waals surface area (Å²) in [6.45, 7) is 12.0. The minimum atomic E-state index is -0.276. The molecule has 1 atom stereocenters. The van der Waals surface area contributed by atoms with Crippen LogP contribution in [0.4, 0.5) is 0 Å². The summed E-state index contributed by atoms with van der Waals surface area (Å²) in [6, 6.07) is 0. The number of carbonyl (C=O) groups is 1. The first-order valence-corrected chi connectivity index (χ1v) is 6.54. The zero-order valence-corrected chi connectivity index (χ0v) is 12.0. The van der Waals surface area contributed by atoms with Crippen molar-refractivity contribution in [2.24, 2.45) is 0 Å². The van der Waals surface area contributed by atoms with E-state index in [4.69, 9.17) is 9.31 Å². The van der Waals surface area contributed by atoms with Crippen LogP contribution >= 0.6 is 0 Å². The average Bonchev–Trinajstić information content (AvgIpc) is 2.36. The molecule has 0 aliphatic carbocycles. The van der Waals surface area contributed by atoms with Crippen LogP contribution in [0.5, 0.6) is 0 Å². The second-order valence-electron chi connectivity index (χ2n) is 6.03. The topological polar surface area (TPSA) is 35.5 Å². The number of hydrogen-bond acceptors (Lipinski definition) is 3. The van der Waals surface area contributed by atoms with E-state index in [-0.39, 0.29) is 24.1 Å². The average molecular weight is 240 g/mol. The van der Waals surface area contributed by atoms with Gasteiger partial charge in [0.25, 0.3) is 0 Å². The summed E-state index contributed by atoms with van der Waals surface area (Å²) in [5, 5.41) is 0. The molecule has 0 saturated carbocycles. The van der Waals surface area contributed by atoms with E-state index in [2.05, 4.69) is 34.6 Å². The van der Waals surface area contributed by atoms with Gasteiger partial charge >= 0.3 is 7.12 Å². The van der Waals surface area contributed by atoms with Crippen LogP contribution in [0.3, 0.4) is 0 Å². The van der Waals surface area contributed by atoms with Gasteiger partial charge in [0.2, 0.25) is 0 Å². The van der Waals surface area contributed by atoms with Crippen LogP contribution in [-0.2, 0) is 14.1 Å². The summed E-state index contributed by atoms with van der Waals surface area (Å²) in [4.78, 5) is 11.1. The van der Waals surface area contributed by atoms with Crippen molar-refractivity contribution in [3.8, 4) is 0 Å². The van der Waals surface area contributed by atoms with E-state index in [9.17, 15) is 4.79 Å². The molecule has 98 valence electrons. The van der Waals surface area contributed by atoms with Gasteiger partial charge in [0.15, 0.2) is 0 Å². The maximum atomic E-state index is 11.1. The Morgan fingerprint density at radius 3 is 2.00 bits per heavy atom. The van der Waals surface area contributed by atoms with Gasteiger partial charge in [-0.25, -0.2) is 0 Å². The molecule has 0 bridgehead atoms. The predicted molar refractivity (Wildman–Crippen MR) is 70.0 cm³/mol. The van der Waals surface area contributed by atoms with Crippen molar-refractivity contribution in [2.45, 2.75) is 77.8 Å². The maximum Gasteiger partial charge on any atom is 0.461 e. The summed E-state index contributed by atoms with van der Waals surface area (Å²) in [6.07, 6.45) is 2.44. The van der Waals surface area contributed by atoms with Crippen LogP contribution in [0.1, 0.15) is 60.8 Å². The molecule has 4 heteroatoms. The normalized spacial score (nSPS) is 23.8. The van der Waals surface area contributed by atoms with Gasteiger partial charge in [-0.05, 0) is 46.9 Å². The highest BCUT2D eigenvalue weighted by Crippen LogP contribution is 2.41. The Kier molecular flexibility index (Phi) is 4.42. The van der Waals surface area contributed by atoms with Gasteiger partial charge in [-0.3, -0.25) is 0 Å². The SMILES string of the molecule is CCC(CCC(C)=O)B1OC(C)(C)C(C)(C)O1. The highest BCUT2D eigenvalue weighted by Gasteiger charge is 2.53. The molecule has 1 unspecified atom stereocenters. The number of Topliss-reactive ketones (excluding diaryl/α,β-unsaturated/α-hetero) is 1. The molecule has 1 aliphatic heterocycles. The van der Waals surface area contributed by atoms with Crippen LogP contribution < -0.4 is 0 Å². The maximum absolute atomic E-state index is 11.1. The molecule has 0 spiro atoms. The van der Waals surface area contributed by atoms with E-state index < -0.39 is 0 Å². The van der Waals surface area contributed by atoms with E-state index >= 15 is 0 Å². The second kappa shape index (κ2) is 5.11. The van der Waals surface area contributed by atoms with E-state index in [0.29, 0.717) is 12.2 Å². The number of rotatable bonds is 5. The summed E-state index contributed by atoms with van der Waals surface area (Å²) in [5.74, 6) is 0.542. The largest absolute Gasteiger partial charge is 0.461 e. The highest BCUT2D eigenvalue weighted by atomic mass is 16.7. The Morgan fingerprint density at radius 2 is 1.65 bits per heavy atom. The summed E-state index contributed by atoms with van der Waals surface area (Å²) >= 11 is 0. The Morgan fingerprint density at radius 1 is 1.18 bits per heavy atom. The first kappa shape index (κ1) is 14.7. The quantitative estimate of drug-likeness (QED) is 0.692. The monoisotopic (exact) mass is 240 g/mol. The van der Waals surface area contributed by atoms with Gasteiger partial charge in [-0.15, -0.1) is 0 Å². The molecule has 1 aliphatic rings. The van der Waals surface area contributed by atoms with Crippen molar-refractivity contribution < 1.29 is 14.1 Å². The second-order valence-corrected chi connectivity index (χ2v) is 6.03.